The number of nitrogens with zero attached hydrogens (tertiary/aromatic N) is 3. The minimum atomic E-state index is -0.682. The van der Waals surface area contributed by atoms with E-state index in [4.69, 9.17) is 0 Å². The molecule has 0 aliphatic heterocycles. The van der Waals surface area contributed by atoms with E-state index in [1.165, 1.54) is 0 Å². The van der Waals surface area contributed by atoms with E-state index in [9.17, 15) is 5.11 Å². The minimum Gasteiger partial charge on any atom is -0.382 e. The number of fused-ring (bicyclic) bond motifs is 1. The molecule has 4 heteroatoms. The van der Waals surface area contributed by atoms with Crippen molar-refractivity contribution in [2.24, 2.45) is 7.05 Å². The fourth-order valence-electron chi connectivity index (χ4n) is 2.52. The van der Waals surface area contributed by atoms with E-state index in [1.807, 2.05) is 43.6 Å². The van der Waals surface area contributed by atoms with Crippen LogP contribution in [0, 0.1) is 0 Å². The number of aliphatic hydroxyl groups excluding tert-OH is 1. The second-order valence-electron chi connectivity index (χ2n) is 4.88. The normalized spacial score (nSPS) is 12.8. The lowest BCUT2D eigenvalue weighted by Gasteiger charge is -2.13. The van der Waals surface area contributed by atoms with Crippen molar-refractivity contribution in [3.63, 3.8) is 0 Å². The van der Waals surface area contributed by atoms with Gasteiger partial charge in [-0.15, -0.1) is 0 Å². The molecule has 2 heterocycles. The van der Waals surface area contributed by atoms with Gasteiger partial charge < -0.3 is 5.11 Å². The van der Waals surface area contributed by atoms with Crippen LogP contribution in [-0.2, 0) is 13.5 Å². The fourth-order valence-corrected chi connectivity index (χ4v) is 2.52. The van der Waals surface area contributed by atoms with E-state index in [0.29, 0.717) is 0 Å². The molecule has 2 aromatic heterocycles. The first-order valence-corrected chi connectivity index (χ1v) is 6.74. The van der Waals surface area contributed by atoms with Crippen LogP contribution in [0.15, 0.2) is 42.7 Å². The van der Waals surface area contributed by atoms with Gasteiger partial charge in [-0.05, 0) is 29.5 Å². The third kappa shape index (κ3) is 2.08. The Labute approximate surface area is 117 Å². The molecule has 1 unspecified atom stereocenters. The van der Waals surface area contributed by atoms with Crippen molar-refractivity contribution < 1.29 is 5.11 Å². The summed E-state index contributed by atoms with van der Waals surface area (Å²) < 4.78 is 1.75. The van der Waals surface area contributed by atoms with Crippen LogP contribution in [0.2, 0.25) is 0 Å². The monoisotopic (exact) mass is 267 g/mol. The summed E-state index contributed by atoms with van der Waals surface area (Å²) in [5, 5.41) is 17.2. The van der Waals surface area contributed by atoms with Crippen LogP contribution >= 0.6 is 0 Å². The SMILES string of the molecule is CCc1cc(C(O)c2cccc3cnccc23)n(C)n1. The standard InChI is InChI=1S/C16H17N3O/c1-3-12-9-15(19(2)18-12)16(20)14-6-4-5-11-10-17-8-7-13(11)14/h4-10,16,20H,3H2,1-2H3. The Morgan fingerprint density at radius 1 is 1.30 bits per heavy atom. The first-order valence-electron chi connectivity index (χ1n) is 6.74. The van der Waals surface area contributed by atoms with Gasteiger partial charge in [-0.25, -0.2) is 0 Å². The minimum absolute atomic E-state index is 0.682. The number of aryl methyl sites for hydroxylation is 2. The largest absolute Gasteiger partial charge is 0.382 e. The van der Waals surface area contributed by atoms with Crippen molar-refractivity contribution in [1.29, 1.82) is 0 Å². The summed E-state index contributed by atoms with van der Waals surface area (Å²) in [5.74, 6) is 0. The van der Waals surface area contributed by atoms with Crippen molar-refractivity contribution in [3.05, 3.63) is 59.7 Å². The maximum atomic E-state index is 10.7. The lowest BCUT2D eigenvalue weighted by atomic mass is 10.00. The fraction of sp³-hybridized carbons (Fsp3) is 0.250. The molecule has 3 aromatic rings. The van der Waals surface area contributed by atoms with Crippen molar-refractivity contribution in [3.8, 4) is 0 Å². The van der Waals surface area contributed by atoms with Gasteiger partial charge in [0.15, 0.2) is 0 Å². The topological polar surface area (TPSA) is 50.9 Å². The van der Waals surface area contributed by atoms with Crippen LogP contribution in [0.1, 0.15) is 30.0 Å². The Bertz CT molecular complexity index is 743. The smallest absolute Gasteiger partial charge is 0.121 e. The van der Waals surface area contributed by atoms with Gasteiger partial charge >= 0.3 is 0 Å². The highest BCUT2D eigenvalue weighted by molar-refractivity contribution is 5.85. The molecule has 0 bridgehead atoms. The average Bonchev–Trinajstić information content (AvgIpc) is 2.87. The van der Waals surface area contributed by atoms with E-state index in [0.717, 1.165) is 34.1 Å². The highest BCUT2D eigenvalue weighted by Gasteiger charge is 2.17. The van der Waals surface area contributed by atoms with Gasteiger partial charge in [-0.1, -0.05) is 25.1 Å². The molecule has 1 N–H and O–H groups in total. The number of pyridine rings is 1. The zero-order chi connectivity index (χ0) is 14.1. The first kappa shape index (κ1) is 12.8. The van der Waals surface area contributed by atoms with Gasteiger partial charge in [0.1, 0.15) is 6.10 Å². The quantitative estimate of drug-likeness (QED) is 0.793. The zero-order valence-electron chi connectivity index (χ0n) is 11.6. The molecule has 1 atom stereocenters. The molecule has 0 fully saturated rings. The Morgan fingerprint density at radius 3 is 2.90 bits per heavy atom. The van der Waals surface area contributed by atoms with Gasteiger partial charge in [0, 0.05) is 24.8 Å². The van der Waals surface area contributed by atoms with E-state index in [2.05, 4.69) is 17.0 Å². The van der Waals surface area contributed by atoms with E-state index in [-0.39, 0.29) is 0 Å². The van der Waals surface area contributed by atoms with Crippen molar-refractivity contribution in [1.82, 2.24) is 14.8 Å². The summed E-state index contributed by atoms with van der Waals surface area (Å²) >= 11 is 0. The van der Waals surface area contributed by atoms with Crippen LogP contribution in [-0.4, -0.2) is 19.9 Å². The molecular weight excluding hydrogens is 250 g/mol. The summed E-state index contributed by atoms with van der Waals surface area (Å²) in [6, 6.07) is 9.79. The van der Waals surface area contributed by atoms with Crippen molar-refractivity contribution in [2.75, 3.05) is 0 Å². The van der Waals surface area contributed by atoms with Crippen LogP contribution in [0.3, 0.4) is 0 Å². The van der Waals surface area contributed by atoms with Gasteiger partial charge in [0.25, 0.3) is 0 Å². The summed E-state index contributed by atoms with van der Waals surface area (Å²) in [5.41, 5.74) is 2.69. The molecule has 20 heavy (non-hydrogen) atoms. The van der Waals surface area contributed by atoms with Crippen LogP contribution in [0.4, 0.5) is 0 Å². The van der Waals surface area contributed by atoms with E-state index in [1.54, 1.807) is 10.9 Å². The van der Waals surface area contributed by atoms with Gasteiger partial charge in [-0.2, -0.15) is 5.10 Å². The molecule has 1 aromatic carbocycles. The van der Waals surface area contributed by atoms with Crippen molar-refractivity contribution >= 4 is 10.8 Å². The highest BCUT2D eigenvalue weighted by Crippen LogP contribution is 2.28. The summed E-state index contributed by atoms with van der Waals surface area (Å²) in [6.45, 7) is 2.06. The van der Waals surface area contributed by atoms with Crippen molar-refractivity contribution in [2.45, 2.75) is 19.4 Å². The molecule has 0 saturated heterocycles. The summed E-state index contributed by atoms with van der Waals surface area (Å²) in [7, 11) is 1.87. The Balaban J connectivity index is 2.12. The molecule has 0 aliphatic carbocycles. The molecule has 0 amide bonds. The Hall–Kier alpha value is -2.20. The van der Waals surface area contributed by atoms with Gasteiger partial charge in [-0.3, -0.25) is 9.67 Å². The molecule has 0 radical (unpaired) electrons. The second-order valence-corrected chi connectivity index (χ2v) is 4.88. The summed E-state index contributed by atoms with van der Waals surface area (Å²) in [4.78, 5) is 4.12. The predicted molar refractivity (Wildman–Crippen MR) is 78.4 cm³/mol. The third-order valence-electron chi connectivity index (χ3n) is 3.62. The average molecular weight is 267 g/mol. The number of benzene rings is 1. The number of aliphatic hydroxyl groups is 1. The highest BCUT2D eigenvalue weighted by atomic mass is 16.3. The lowest BCUT2D eigenvalue weighted by Crippen LogP contribution is -2.07. The third-order valence-corrected chi connectivity index (χ3v) is 3.62. The number of aromatic nitrogens is 3. The van der Waals surface area contributed by atoms with Crippen LogP contribution in [0.25, 0.3) is 10.8 Å². The second kappa shape index (κ2) is 5.06. The molecule has 0 spiro atoms. The number of rotatable bonds is 3. The molecular formula is C16H17N3O. The van der Waals surface area contributed by atoms with Crippen LogP contribution < -0.4 is 0 Å². The summed E-state index contributed by atoms with van der Waals surface area (Å²) in [6.07, 6.45) is 3.74. The Morgan fingerprint density at radius 2 is 2.15 bits per heavy atom. The molecule has 4 nitrogen and oxygen atoms in total. The van der Waals surface area contributed by atoms with E-state index >= 15 is 0 Å². The van der Waals surface area contributed by atoms with Gasteiger partial charge in [0.2, 0.25) is 0 Å². The maximum Gasteiger partial charge on any atom is 0.121 e. The maximum absolute atomic E-state index is 10.7. The lowest BCUT2D eigenvalue weighted by molar-refractivity contribution is 0.211. The molecule has 0 aliphatic rings. The first-order chi connectivity index (χ1) is 9.70. The molecule has 3 rings (SSSR count). The zero-order valence-corrected chi connectivity index (χ0v) is 11.6. The van der Waals surface area contributed by atoms with Crippen LogP contribution in [0.5, 0.6) is 0 Å². The number of hydrogen-bond acceptors (Lipinski definition) is 3. The number of hydrogen-bond donors (Lipinski definition) is 1. The Kier molecular flexibility index (Phi) is 3.24. The molecule has 102 valence electrons. The van der Waals surface area contributed by atoms with Gasteiger partial charge in [0.05, 0.1) is 11.4 Å². The predicted octanol–water partition coefficient (Wildman–Crippen LogP) is 2.61. The van der Waals surface area contributed by atoms with E-state index < -0.39 is 6.10 Å². The molecule has 0 saturated carbocycles.